The van der Waals surface area contributed by atoms with Gasteiger partial charge in [0.05, 0.1) is 19.1 Å². The smallest absolute Gasteiger partial charge is 0.254 e. The van der Waals surface area contributed by atoms with Gasteiger partial charge in [-0.25, -0.2) is 0 Å². The van der Waals surface area contributed by atoms with Crippen molar-refractivity contribution in [2.75, 3.05) is 13.2 Å². The Morgan fingerprint density at radius 1 is 1.05 bits per heavy atom. The minimum atomic E-state index is -0.124. The van der Waals surface area contributed by atoms with Gasteiger partial charge in [-0.15, -0.1) is 0 Å². The van der Waals surface area contributed by atoms with E-state index in [9.17, 15) is 9.90 Å². The molecule has 22 heavy (non-hydrogen) atoms. The minimum absolute atomic E-state index is 0.0783. The van der Waals surface area contributed by atoms with Gasteiger partial charge in [-0.1, -0.05) is 42.5 Å². The molecule has 1 N–H and O–H groups in total. The molecule has 0 radical (unpaired) electrons. The quantitative estimate of drug-likeness (QED) is 0.889. The van der Waals surface area contributed by atoms with Crippen LogP contribution in [0.15, 0.2) is 54.6 Å². The average molecular weight is 294 g/mol. The van der Waals surface area contributed by atoms with Crippen LogP contribution in [0.4, 0.5) is 0 Å². The van der Waals surface area contributed by atoms with Crippen molar-refractivity contribution in [2.45, 2.75) is 13.0 Å². The molecule has 0 saturated heterocycles. The summed E-state index contributed by atoms with van der Waals surface area (Å²) in [5, 5.41) is 17.9. The molecule has 4 heteroatoms. The number of nitriles is 1. The number of aliphatic hydroxyl groups is 1. The molecule has 2 aromatic rings. The highest BCUT2D eigenvalue weighted by atomic mass is 16.3. The van der Waals surface area contributed by atoms with Gasteiger partial charge in [-0.05, 0) is 23.3 Å². The lowest BCUT2D eigenvalue weighted by Crippen LogP contribution is -2.33. The SMILES string of the molecule is N#CCc1ccc(C(=O)N(CCO)Cc2ccccc2)cc1. The maximum atomic E-state index is 12.6. The van der Waals surface area contributed by atoms with Crippen molar-refractivity contribution >= 4 is 5.91 Å². The van der Waals surface area contributed by atoms with E-state index >= 15 is 0 Å². The van der Waals surface area contributed by atoms with Crippen LogP contribution in [-0.4, -0.2) is 29.1 Å². The monoisotopic (exact) mass is 294 g/mol. The number of rotatable bonds is 6. The van der Waals surface area contributed by atoms with Crippen LogP contribution in [0.25, 0.3) is 0 Å². The molecule has 4 nitrogen and oxygen atoms in total. The van der Waals surface area contributed by atoms with Gasteiger partial charge in [0.15, 0.2) is 0 Å². The summed E-state index contributed by atoms with van der Waals surface area (Å²) in [6, 6.07) is 18.8. The second-order valence-electron chi connectivity index (χ2n) is 4.97. The van der Waals surface area contributed by atoms with Crippen molar-refractivity contribution in [1.82, 2.24) is 4.90 Å². The van der Waals surface area contributed by atoms with E-state index in [1.54, 1.807) is 29.2 Å². The number of hydrogen-bond donors (Lipinski definition) is 1. The van der Waals surface area contributed by atoms with Crippen molar-refractivity contribution in [3.05, 3.63) is 71.3 Å². The van der Waals surface area contributed by atoms with Gasteiger partial charge < -0.3 is 10.0 Å². The lowest BCUT2D eigenvalue weighted by atomic mass is 10.1. The fourth-order valence-electron chi connectivity index (χ4n) is 2.22. The predicted octanol–water partition coefficient (Wildman–Crippen LogP) is 2.39. The highest BCUT2D eigenvalue weighted by Crippen LogP contribution is 2.11. The number of benzene rings is 2. The van der Waals surface area contributed by atoms with E-state index in [2.05, 4.69) is 6.07 Å². The van der Waals surface area contributed by atoms with Crippen LogP contribution in [0.3, 0.4) is 0 Å². The normalized spacial score (nSPS) is 10.0. The molecule has 0 aliphatic heterocycles. The minimum Gasteiger partial charge on any atom is -0.395 e. The maximum Gasteiger partial charge on any atom is 0.254 e. The van der Waals surface area contributed by atoms with Crippen molar-refractivity contribution in [3.63, 3.8) is 0 Å². The Bertz CT molecular complexity index is 645. The fourth-order valence-corrected chi connectivity index (χ4v) is 2.22. The predicted molar refractivity (Wildman–Crippen MR) is 84.0 cm³/mol. The van der Waals surface area contributed by atoms with Crippen LogP contribution in [0.2, 0.25) is 0 Å². The summed E-state index contributed by atoms with van der Waals surface area (Å²) in [6.45, 7) is 0.666. The summed E-state index contributed by atoms with van der Waals surface area (Å²) in [6.07, 6.45) is 0.332. The van der Waals surface area contributed by atoms with E-state index in [-0.39, 0.29) is 19.1 Å². The molecule has 2 aromatic carbocycles. The first-order valence-corrected chi connectivity index (χ1v) is 7.14. The third kappa shape index (κ3) is 4.18. The van der Waals surface area contributed by atoms with Crippen molar-refractivity contribution in [1.29, 1.82) is 5.26 Å². The number of hydrogen-bond acceptors (Lipinski definition) is 3. The zero-order valence-corrected chi connectivity index (χ0v) is 12.3. The summed E-state index contributed by atoms with van der Waals surface area (Å²) in [5.74, 6) is -0.124. The number of carbonyl (C=O) groups is 1. The highest BCUT2D eigenvalue weighted by Gasteiger charge is 2.15. The van der Waals surface area contributed by atoms with Gasteiger partial charge in [0.1, 0.15) is 0 Å². The molecule has 0 saturated carbocycles. The molecule has 2 rings (SSSR count). The molecule has 0 unspecified atom stereocenters. The van der Waals surface area contributed by atoms with E-state index in [4.69, 9.17) is 5.26 Å². The van der Waals surface area contributed by atoms with Gasteiger partial charge in [0.25, 0.3) is 5.91 Å². The molecule has 0 atom stereocenters. The molecule has 0 heterocycles. The Hall–Kier alpha value is -2.64. The van der Waals surface area contributed by atoms with Gasteiger partial charge in [0.2, 0.25) is 0 Å². The average Bonchev–Trinajstić information content (AvgIpc) is 2.56. The van der Waals surface area contributed by atoms with Crippen LogP contribution in [0.1, 0.15) is 21.5 Å². The van der Waals surface area contributed by atoms with Crippen LogP contribution >= 0.6 is 0 Å². The molecule has 112 valence electrons. The molecule has 0 aromatic heterocycles. The van der Waals surface area contributed by atoms with Crippen LogP contribution in [0, 0.1) is 11.3 Å². The molecule has 0 aliphatic rings. The van der Waals surface area contributed by atoms with Gasteiger partial charge in [-0.3, -0.25) is 4.79 Å². The van der Waals surface area contributed by atoms with E-state index in [1.807, 2.05) is 30.3 Å². The first-order valence-electron chi connectivity index (χ1n) is 7.14. The molecule has 0 fully saturated rings. The number of nitrogens with zero attached hydrogens (tertiary/aromatic N) is 2. The molecular formula is C18H18N2O2. The molecule has 1 amide bonds. The second-order valence-corrected chi connectivity index (χ2v) is 4.97. The third-order valence-electron chi connectivity index (χ3n) is 3.36. The number of amides is 1. The molecular weight excluding hydrogens is 276 g/mol. The van der Waals surface area contributed by atoms with Gasteiger partial charge >= 0.3 is 0 Å². The Kier molecular flexibility index (Phi) is 5.70. The summed E-state index contributed by atoms with van der Waals surface area (Å²) >= 11 is 0. The van der Waals surface area contributed by atoms with E-state index in [0.717, 1.165) is 11.1 Å². The third-order valence-corrected chi connectivity index (χ3v) is 3.36. The molecule has 0 spiro atoms. The Morgan fingerprint density at radius 2 is 1.73 bits per heavy atom. The summed E-state index contributed by atoms with van der Waals surface area (Å²) in [4.78, 5) is 14.2. The van der Waals surface area contributed by atoms with Crippen LogP contribution in [0.5, 0.6) is 0 Å². The zero-order valence-electron chi connectivity index (χ0n) is 12.3. The Balaban J connectivity index is 2.13. The lowest BCUT2D eigenvalue weighted by molar-refractivity contribution is 0.0708. The van der Waals surface area contributed by atoms with Crippen molar-refractivity contribution < 1.29 is 9.90 Å². The van der Waals surface area contributed by atoms with E-state index in [0.29, 0.717) is 18.5 Å². The summed E-state index contributed by atoms with van der Waals surface area (Å²) < 4.78 is 0. The summed E-state index contributed by atoms with van der Waals surface area (Å²) in [5.41, 5.74) is 2.47. The summed E-state index contributed by atoms with van der Waals surface area (Å²) in [7, 11) is 0. The lowest BCUT2D eigenvalue weighted by Gasteiger charge is -2.22. The van der Waals surface area contributed by atoms with Crippen molar-refractivity contribution in [2.24, 2.45) is 0 Å². The van der Waals surface area contributed by atoms with Crippen LogP contribution in [-0.2, 0) is 13.0 Å². The van der Waals surface area contributed by atoms with E-state index < -0.39 is 0 Å². The maximum absolute atomic E-state index is 12.6. The van der Waals surface area contributed by atoms with Crippen LogP contribution < -0.4 is 0 Å². The fraction of sp³-hybridized carbons (Fsp3) is 0.222. The standard InChI is InChI=1S/C18H18N2O2/c19-11-10-15-6-8-17(9-7-15)18(22)20(12-13-21)14-16-4-2-1-3-5-16/h1-9,21H,10,12-14H2. The Morgan fingerprint density at radius 3 is 2.32 bits per heavy atom. The number of carbonyl (C=O) groups excluding carboxylic acids is 1. The first kappa shape index (κ1) is 15.7. The largest absolute Gasteiger partial charge is 0.395 e. The Labute approximate surface area is 130 Å². The topological polar surface area (TPSA) is 64.3 Å². The van der Waals surface area contributed by atoms with Crippen molar-refractivity contribution in [3.8, 4) is 6.07 Å². The molecule has 0 aliphatic carbocycles. The van der Waals surface area contributed by atoms with Gasteiger partial charge in [0, 0.05) is 18.7 Å². The zero-order chi connectivity index (χ0) is 15.8. The van der Waals surface area contributed by atoms with Gasteiger partial charge in [-0.2, -0.15) is 5.26 Å². The van der Waals surface area contributed by atoms with E-state index in [1.165, 1.54) is 0 Å². The first-order chi connectivity index (χ1) is 10.7. The number of aliphatic hydroxyl groups excluding tert-OH is 1. The highest BCUT2D eigenvalue weighted by molar-refractivity contribution is 5.94. The second kappa shape index (κ2) is 7.96. The molecule has 0 bridgehead atoms.